The SMILES string of the molecule is COC(=O)C(S)CCc1ccco1. The summed E-state index contributed by atoms with van der Waals surface area (Å²) in [5.74, 6) is 0.567. The number of carbonyl (C=O) groups excluding carboxylic acids is 1. The number of hydrogen-bond donors (Lipinski definition) is 1. The lowest BCUT2D eigenvalue weighted by molar-refractivity contribution is -0.140. The van der Waals surface area contributed by atoms with E-state index in [1.165, 1.54) is 7.11 Å². The number of hydrogen-bond acceptors (Lipinski definition) is 4. The predicted molar refractivity (Wildman–Crippen MR) is 51.8 cm³/mol. The normalized spacial score (nSPS) is 12.5. The van der Waals surface area contributed by atoms with E-state index in [9.17, 15) is 4.79 Å². The molecule has 0 bridgehead atoms. The minimum Gasteiger partial charge on any atom is -0.469 e. The maximum absolute atomic E-state index is 10.9. The van der Waals surface area contributed by atoms with Gasteiger partial charge in [0, 0.05) is 6.42 Å². The van der Waals surface area contributed by atoms with E-state index in [2.05, 4.69) is 17.4 Å². The maximum atomic E-state index is 10.9. The Kier molecular flexibility index (Phi) is 3.89. The summed E-state index contributed by atoms with van der Waals surface area (Å²) in [6.45, 7) is 0. The molecule has 1 atom stereocenters. The molecule has 3 nitrogen and oxygen atoms in total. The molecule has 72 valence electrons. The van der Waals surface area contributed by atoms with Crippen molar-refractivity contribution in [2.75, 3.05) is 7.11 Å². The molecular weight excluding hydrogens is 188 g/mol. The second-order valence-corrected chi connectivity index (χ2v) is 3.28. The molecule has 1 rings (SSSR count). The number of aryl methyl sites for hydroxylation is 1. The van der Waals surface area contributed by atoms with E-state index in [1.54, 1.807) is 6.26 Å². The fourth-order valence-electron chi connectivity index (χ4n) is 0.988. The van der Waals surface area contributed by atoms with Gasteiger partial charge in [0.15, 0.2) is 0 Å². The van der Waals surface area contributed by atoms with Gasteiger partial charge in [-0.2, -0.15) is 12.6 Å². The molecular formula is C9H12O3S. The van der Waals surface area contributed by atoms with Crippen molar-refractivity contribution in [3.8, 4) is 0 Å². The van der Waals surface area contributed by atoms with Gasteiger partial charge in [-0.15, -0.1) is 0 Å². The van der Waals surface area contributed by atoms with Crippen LogP contribution >= 0.6 is 12.6 Å². The van der Waals surface area contributed by atoms with Gasteiger partial charge in [0.2, 0.25) is 0 Å². The van der Waals surface area contributed by atoms with Crippen molar-refractivity contribution in [3.05, 3.63) is 24.2 Å². The van der Waals surface area contributed by atoms with E-state index in [4.69, 9.17) is 4.42 Å². The van der Waals surface area contributed by atoms with Crippen LogP contribution in [0.15, 0.2) is 22.8 Å². The van der Waals surface area contributed by atoms with E-state index in [-0.39, 0.29) is 11.2 Å². The Balaban J connectivity index is 2.30. The van der Waals surface area contributed by atoms with Crippen molar-refractivity contribution >= 4 is 18.6 Å². The maximum Gasteiger partial charge on any atom is 0.318 e. The second-order valence-electron chi connectivity index (χ2n) is 2.66. The molecule has 0 saturated carbocycles. The van der Waals surface area contributed by atoms with Gasteiger partial charge >= 0.3 is 5.97 Å². The Morgan fingerprint density at radius 2 is 2.54 bits per heavy atom. The second kappa shape index (κ2) is 4.97. The van der Waals surface area contributed by atoms with Crippen LogP contribution in [0.3, 0.4) is 0 Å². The molecule has 13 heavy (non-hydrogen) atoms. The number of esters is 1. The van der Waals surface area contributed by atoms with Gasteiger partial charge in [0.05, 0.1) is 18.6 Å². The summed E-state index contributed by atoms with van der Waals surface area (Å²) >= 11 is 4.10. The predicted octanol–water partition coefficient (Wildman–Crippen LogP) is 1.68. The average molecular weight is 200 g/mol. The fourth-order valence-corrected chi connectivity index (χ4v) is 1.22. The van der Waals surface area contributed by atoms with Crippen LogP contribution < -0.4 is 0 Å². The molecule has 0 aromatic carbocycles. The summed E-state index contributed by atoms with van der Waals surface area (Å²) in [6.07, 6.45) is 2.95. The third-order valence-corrected chi connectivity index (χ3v) is 2.19. The molecule has 0 radical (unpaired) electrons. The largest absolute Gasteiger partial charge is 0.469 e. The van der Waals surface area contributed by atoms with E-state index < -0.39 is 0 Å². The van der Waals surface area contributed by atoms with Crippen LogP contribution in [0.1, 0.15) is 12.2 Å². The smallest absolute Gasteiger partial charge is 0.318 e. The van der Waals surface area contributed by atoms with Gasteiger partial charge in [0.25, 0.3) is 0 Å². The van der Waals surface area contributed by atoms with E-state index in [0.717, 1.165) is 5.76 Å². The molecule has 0 aliphatic rings. The molecule has 1 heterocycles. The number of thiol groups is 1. The molecule has 0 fully saturated rings. The van der Waals surface area contributed by atoms with Crippen molar-refractivity contribution in [2.45, 2.75) is 18.1 Å². The highest BCUT2D eigenvalue weighted by molar-refractivity contribution is 7.81. The van der Waals surface area contributed by atoms with Crippen molar-refractivity contribution in [2.24, 2.45) is 0 Å². The highest BCUT2D eigenvalue weighted by Gasteiger charge is 2.14. The molecule has 1 aromatic rings. The topological polar surface area (TPSA) is 39.4 Å². The molecule has 0 aliphatic carbocycles. The fraction of sp³-hybridized carbons (Fsp3) is 0.444. The Bertz CT molecular complexity index is 256. The first-order chi connectivity index (χ1) is 6.24. The highest BCUT2D eigenvalue weighted by Crippen LogP contribution is 2.10. The quantitative estimate of drug-likeness (QED) is 0.593. The zero-order valence-corrected chi connectivity index (χ0v) is 8.29. The molecule has 0 N–H and O–H groups in total. The molecule has 4 heteroatoms. The minimum absolute atomic E-state index is 0.296. The van der Waals surface area contributed by atoms with Gasteiger partial charge in [-0.25, -0.2) is 0 Å². The highest BCUT2D eigenvalue weighted by atomic mass is 32.1. The van der Waals surface area contributed by atoms with Crippen LogP contribution in [0.2, 0.25) is 0 Å². The molecule has 1 aromatic heterocycles. The summed E-state index contributed by atoms with van der Waals surface area (Å²) in [4.78, 5) is 10.9. The number of ether oxygens (including phenoxy) is 1. The van der Waals surface area contributed by atoms with Gasteiger partial charge in [-0.3, -0.25) is 4.79 Å². The third-order valence-electron chi connectivity index (χ3n) is 1.72. The van der Waals surface area contributed by atoms with Crippen molar-refractivity contribution in [1.29, 1.82) is 0 Å². The molecule has 0 spiro atoms. The van der Waals surface area contributed by atoms with Crippen molar-refractivity contribution in [3.63, 3.8) is 0 Å². The molecule has 0 aliphatic heterocycles. The van der Waals surface area contributed by atoms with Crippen LogP contribution in [0.4, 0.5) is 0 Å². The molecule has 0 amide bonds. The summed E-state index contributed by atoms with van der Waals surface area (Å²) in [5, 5.41) is -0.366. The molecule has 1 unspecified atom stereocenters. The Morgan fingerprint density at radius 1 is 1.77 bits per heavy atom. The number of furan rings is 1. The summed E-state index contributed by atoms with van der Waals surface area (Å²) in [5.41, 5.74) is 0. The lowest BCUT2D eigenvalue weighted by Gasteiger charge is -2.05. The zero-order valence-electron chi connectivity index (χ0n) is 7.40. The Hall–Kier alpha value is -0.900. The van der Waals surface area contributed by atoms with E-state index in [1.807, 2.05) is 12.1 Å². The zero-order chi connectivity index (χ0) is 9.68. The van der Waals surface area contributed by atoms with Crippen LogP contribution in [0.5, 0.6) is 0 Å². The standard InChI is InChI=1S/C9H12O3S/c1-11-9(10)8(13)5-4-7-3-2-6-12-7/h2-3,6,8,13H,4-5H2,1H3. The number of rotatable bonds is 4. The van der Waals surface area contributed by atoms with Crippen LogP contribution in [0, 0.1) is 0 Å². The van der Waals surface area contributed by atoms with Gasteiger partial charge in [0.1, 0.15) is 5.76 Å². The third kappa shape index (κ3) is 3.14. The first kappa shape index (κ1) is 10.2. The van der Waals surface area contributed by atoms with Crippen LogP contribution in [0.25, 0.3) is 0 Å². The van der Waals surface area contributed by atoms with E-state index in [0.29, 0.717) is 12.8 Å². The lowest BCUT2D eigenvalue weighted by Crippen LogP contribution is -2.16. The first-order valence-corrected chi connectivity index (χ1v) is 4.54. The van der Waals surface area contributed by atoms with Crippen LogP contribution in [-0.4, -0.2) is 18.3 Å². The average Bonchev–Trinajstić information content (AvgIpc) is 2.65. The van der Waals surface area contributed by atoms with Crippen LogP contribution in [-0.2, 0) is 16.0 Å². The van der Waals surface area contributed by atoms with Gasteiger partial charge in [-0.05, 0) is 18.6 Å². The Labute approximate surface area is 82.5 Å². The van der Waals surface area contributed by atoms with Crippen molar-refractivity contribution < 1.29 is 13.9 Å². The Morgan fingerprint density at radius 3 is 3.08 bits per heavy atom. The lowest BCUT2D eigenvalue weighted by atomic mass is 10.2. The van der Waals surface area contributed by atoms with Gasteiger partial charge < -0.3 is 9.15 Å². The van der Waals surface area contributed by atoms with Gasteiger partial charge in [-0.1, -0.05) is 0 Å². The first-order valence-electron chi connectivity index (χ1n) is 4.02. The minimum atomic E-state index is -0.366. The van der Waals surface area contributed by atoms with E-state index >= 15 is 0 Å². The molecule has 0 saturated heterocycles. The van der Waals surface area contributed by atoms with Crippen molar-refractivity contribution in [1.82, 2.24) is 0 Å². The summed E-state index contributed by atoms with van der Waals surface area (Å²) < 4.78 is 9.65. The monoisotopic (exact) mass is 200 g/mol. The summed E-state index contributed by atoms with van der Waals surface area (Å²) in [7, 11) is 1.36. The number of methoxy groups -OCH3 is 1. The summed E-state index contributed by atoms with van der Waals surface area (Å²) in [6, 6.07) is 3.69. The number of carbonyl (C=O) groups is 1.